The summed E-state index contributed by atoms with van der Waals surface area (Å²) in [7, 11) is -3.53. The Bertz CT molecular complexity index is 1020. The molecule has 2 aromatic carbocycles. The molecule has 0 aromatic heterocycles. The van der Waals surface area contributed by atoms with Gasteiger partial charge in [-0.25, -0.2) is 8.42 Å². The second-order valence-electron chi connectivity index (χ2n) is 6.85. The zero-order valence-corrected chi connectivity index (χ0v) is 16.4. The first kappa shape index (κ1) is 18.7. The average molecular weight is 399 g/mol. The summed E-state index contributed by atoms with van der Waals surface area (Å²) in [4.78, 5) is 2.34. The molecule has 1 unspecified atom stereocenters. The number of sulfonamides is 1. The molecule has 4 rings (SSSR count). The number of piperazine rings is 1. The van der Waals surface area contributed by atoms with Crippen LogP contribution in [0.15, 0.2) is 47.4 Å². The van der Waals surface area contributed by atoms with Crippen LogP contribution in [0.25, 0.3) is 0 Å². The summed E-state index contributed by atoms with van der Waals surface area (Å²) in [5, 5.41) is 9.72. The van der Waals surface area contributed by atoms with Gasteiger partial charge in [0.1, 0.15) is 6.04 Å². The molecule has 2 aliphatic heterocycles. The molecule has 2 heterocycles. The van der Waals surface area contributed by atoms with Gasteiger partial charge in [-0.1, -0.05) is 24.3 Å². The Labute approximate surface area is 164 Å². The summed E-state index contributed by atoms with van der Waals surface area (Å²) < 4.78 is 38.2. The quantitative estimate of drug-likeness (QED) is 0.785. The smallest absolute Gasteiger partial charge is 0.243 e. The number of benzene rings is 2. The van der Waals surface area contributed by atoms with Gasteiger partial charge in [0.2, 0.25) is 16.8 Å². The first-order valence-electron chi connectivity index (χ1n) is 9.10. The van der Waals surface area contributed by atoms with Crippen LogP contribution in [0.5, 0.6) is 11.5 Å². The van der Waals surface area contributed by atoms with Crippen molar-refractivity contribution in [1.82, 2.24) is 9.21 Å². The van der Waals surface area contributed by atoms with Gasteiger partial charge in [-0.3, -0.25) is 4.90 Å². The fourth-order valence-electron chi connectivity index (χ4n) is 3.64. The Morgan fingerprint density at radius 3 is 2.46 bits per heavy atom. The maximum absolute atomic E-state index is 13.0. The molecular weight excluding hydrogens is 378 g/mol. The minimum atomic E-state index is -3.53. The first-order chi connectivity index (χ1) is 13.5. The number of hydrogen-bond donors (Lipinski definition) is 0. The molecule has 1 atom stereocenters. The summed E-state index contributed by atoms with van der Waals surface area (Å²) in [5.74, 6) is 1.31. The Morgan fingerprint density at radius 2 is 1.75 bits per heavy atom. The lowest BCUT2D eigenvalue weighted by Gasteiger charge is -2.36. The fraction of sp³-hybridized carbons (Fsp3) is 0.350. The molecule has 2 aliphatic rings. The topological polar surface area (TPSA) is 82.9 Å². The maximum Gasteiger partial charge on any atom is 0.243 e. The van der Waals surface area contributed by atoms with Crippen LogP contribution in [0.3, 0.4) is 0 Å². The number of ether oxygens (including phenoxy) is 2. The number of nitriles is 1. The summed E-state index contributed by atoms with van der Waals surface area (Å²) in [6.45, 7) is 3.65. The summed E-state index contributed by atoms with van der Waals surface area (Å²) in [6, 6.07) is 14.4. The molecule has 0 spiro atoms. The normalized spacial score (nSPS) is 18.6. The lowest BCUT2D eigenvalue weighted by Crippen LogP contribution is -2.49. The molecule has 0 aliphatic carbocycles. The van der Waals surface area contributed by atoms with Gasteiger partial charge in [0.15, 0.2) is 11.5 Å². The predicted octanol–water partition coefficient (Wildman–Crippen LogP) is 2.29. The average Bonchev–Trinajstić information content (AvgIpc) is 3.17. The molecule has 8 heteroatoms. The molecule has 0 N–H and O–H groups in total. The van der Waals surface area contributed by atoms with Crippen molar-refractivity contribution in [2.24, 2.45) is 0 Å². The van der Waals surface area contributed by atoms with Crippen molar-refractivity contribution in [1.29, 1.82) is 5.26 Å². The summed E-state index contributed by atoms with van der Waals surface area (Å²) >= 11 is 0. The van der Waals surface area contributed by atoms with Gasteiger partial charge in [0.25, 0.3) is 0 Å². The number of nitrogens with zero attached hydrogens (tertiary/aromatic N) is 3. The Balaban J connectivity index is 1.49. The van der Waals surface area contributed by atoms with Gasteiger partial charge in [0.05, 0.1) is 11.0 Å². The molecule has 1 saturated heterocycles. The minimum Gasteiger partial charge on any atom is -0.454 e. The second kappa shape index (κ2) is 7.43. The van der Waals surface area contributed by atoms with Crippen molar-refractivity contribution in [2.45, 2.75) is 17.9 Å². The van der Waals surface area contributed by atoms with E-state index in [1.54, 1.807) is 31.2 Å². The van der Waals surface area contributed by atoms with E-state index >= 15 is 0 Å². The van der Waals surface area contributed by atoms with Gasteiger partial charge in [-0.15, -0.1) is 0 Å². The highest BCUT2D eigenvalue weighted by Gasteiger charge is 2.32. The van der Waals surface area contributed by atoms with E-state index in [1.165, 1.54) is 4.31 Å². The molecule has 7 nitrogen and oxygen atoms in total. The summed E-state index contributed by atoms with van der Waals surface area (Å²) in [5.41, 5.74) is 1.56. The molecular formula is C20H21N3O4S. The summed E-state index contributed by atoms with van der Waals surface area (Å²) in [6.07, 6.45) is 0. The standard InChI is InChI=1S/C20H21N3O4S/c1-15-4-2-3-5-20(15)28(24,25)23-10-8-22(9-11-23)17(13-21)16-6-7-18-19(12-16)27-14-26-18/h2-7,12,17H,8-11,14H2,1H3. The predicted molar refractivity (Wildman–Crippen MR) is 102 cm³/mol. The van der Waals surface area contributed by atoms with Crippen LogP contribution in [0.2, 0.25) is 0 Å². The van der Waals surface area contributed by atoms with Crippen LogP contribution in [0, 0.1) is 18.3 Å². The van der Waals surface area contributed by atoms with E-state index in [4.69, 9.17) is 9.47 Å². The number of rotatable bonds is 4. The first-order valence-corrected chi connectivity index (χ1v) is 10.5. The van der Waals surface area contributed by atoms with Gasteiger partial charge in [-0.05, 0) is 36.2 Å². The maximum atomic E-state index is 13.0. The van der Waals surface area contributed by atoms with Crippen molar-refractivity contribution < 1.29 is 17.9 Å². The van der Waals surface area contributed by atoms with Crippen molar-refractivity contribution in [3.05, 3.63) is 53.6 Å². The van der Waals surface area contributed by atoms with E-state index in [9.17, 15) is 13.7 Å². The third-order valence-electron chi connectivity index (χ3n) is 5.18. The molecule has 1 fully saturated rings. The van der Waals surface area contributed by atoms with E-state index in [1.807, 2.05) is 23.1 Å². The van der Waals surface area contributed by atoms with Crippen molar-refractivity contribution in [3.8, 4) is 17.6 Å². The second-order valence-corrected chi connectivity index (χ2v) is 8.76. The van der Waals surface area contributed by atoms with Crippen LogP contribution < -0.4 is 9.47 Å². The lowest BCUT2D eigenvalue weighted by atomic mass is 10.1. The number of fused-ring (bicyclic) bond motifs is 1. The zero-order chi connectivity index (χ0) is 19.7. The van der Waals surface area contributed by atoms with Crippen molar-refractivity contribution in [3.63, 3.8) is 0 Å². The highest BCUT2D eigenvalue weighted by Crippen LogP contribution is 2.35. The van der Waals surface area contributed by atoms with Crippen molar-refractivity contribution in [2.75, 3.05) is 33.0 Å². The minimum absolute atomic E-state index is 0.186. The van der Waals surface area contributed by atoms with E-state index in [2.05, 4.69) is 6.07 Å². The van der Waals surface area contributed by atoms with Crippen LogP contribution in [0.4, 0.5) is 0 Å². The monoisotopic (exact) mass is 399 g/mol. The van der Waals surface area contributed by atoms with Crippen LogP contribution >= 0.6 is 0 Å². The third-order valence-corrected chi connectivity index (χ3v) is 7.24. The van der Waals surface area contributed by atoms with Crippen molar-refractivity contribution >= 4 is 10.0 Å². The molecule has 28 heavy (non-hydrogen) atoms. The van der Waals surface area contributed by atoms with Gasteiger partial charge in [0, 0.05) is 26.2 Å². The molecule has 0 amide bonds. The third kappa shape index (κ3) is 3.33. The fourth-order valence-corrected chi connectivity index (χ4v) is 5.28. The van der Waals surface area contributed by atoms with E-state index in [0.717, 1.165) is 11.1 Å². The SMILES string of the molecule is Cc1ccccc1S(=O)(=O)N1CCN(C(C#N)c2ccc3c(c2)OCO3)CC1. The molecule has 2 aromatic rings. The van der Waals surface area contributed by atoms with Gasteiger partial charge in [-0.2, -0.15) is 9.57 Å². The van der Waals surface area contributed by atoms with E-state index < -0.39 is 16.1 Å². The largest absolute Gasteiger partial charge is 0.454 e. The Hall–Kier alpha value is -2.60. The lowest BCUT2D eigenvalue weighted by molar-refractivity contribution is 0.162. The van der Waals surface area contributed by atoms with E-state index in [-0.39, 0.29) is 6.79 Å². The number of hydrogen-bond acceptors (Lipinski definition) is 6. The highest BCUT2D eigenvalue weighted by atomic mass is 32.2. The van der Waals surface area contributed by atoms with E-state index in [0.29, 0.717) is 42.6 Å². The molecule has 0 bridgehead atoms. The highest BCUT2D eigenvalue weighted by molar-refractivity contribution is 7.89. The van der Waals surface area contributed by atoms with Crippen LogP contribution in [-0.2, 0) is 10.0 Å². The molecule has 0 radical (unpaired) electrons. The van der Waals surface area contributed by atoms with Gasteiger partial charge < -0.3 is 9.47 Å². The van der Waals surface area contributed by atoms with Gasteiger partial charge >= 0.3 is 0 Å². The van der Waals surface area contributed by atoms with Crippen LogP contribution in [-0.4, -0.2) is 50.6 Å². The zero-order valence-electron chi connectivity index (χ0n) is 15.5. The Morgan fingerprint density at radius 1 is 1.04 bits per heavy atom. The molecule has 0 saturated carbocycles. The Kier molecular flexibility index (Phi) is 4.98. The number of aryl methyl sites for hydroxylation is 1. The van der Waals surface area contributed by atoms with Crippen LogP contribution in [0.1, 0.15) is 17.2 Å². The molecule has 146 valence electrons.